The van der Waals surface area contributed by atoms with E-state index < -0.39 is 0 Å². The first-order valence-corrected chi connectivity index (χ1v) is 9.51. The predicted molar refractivity (Wildman–Crippen MR) is 110 cm³/mol. The van der Waals surface area contributed by atoms with Crippen molar-refractivity contribution in [3.8, 4) is 10.4 Å². The number of hydrogen-bond donors (Lipinski definition) is 2. The van der Waals surface area contributed by atoms with E-state index >= 15 is 0 Å². The van der Waals surface area contributed by atoms with E-state index in [9.17, 15) is 0 Å². The average Bonchev–Trinajstić information content (AvgIpc) is 3.33. The summed E-state index contributed by atoms with van der Waals surface area (Å²) in [6.07, 6.45) is 3.79. The number of nitrogens with one attached hydrogen (secondary N) is 1. The molecule has 1 aliphatic rings. The smallest absolute Gasteiger partial charge is 0.0801 e. The SMILES string of the molecule is C=C.CC.CN.Cc1ncsc1-c1ccc(CC2CCCN2)cc1. The average molecular weight is 348 g/mol. The Morgan fingerprint density at radius 3 is 2.29 bits per heavy atom. The molecule has 1 aromatic carbocycles. The molecule has 3 N–H and O–H groups in total. The van der Waals surface area contributed by atoms with Crippen LogP contribution in [0.15, 0.2) is 42.9 Å². The topological polar surface area (TPSA) is 50.9 Å². The first-order chi connectivity index (χ1) is 11.8. The van der Waals surface area contributed by atoms with E-state index in [0.717, 1.165) is 12.1 Å². The summed E-state index contributed by atoms with van der Waals surface area (Å²) in [5, 5.41) is 3.55. The maximum Gasteiger partial charge on any atom is 0.0801 e. The van der Waals surface area contributed by atoms with Crippen LogP contribution < -0.4 is 11.1 Å². The molecule has 3 rings (SSSR count). The highest BCUT2D eigenvalue weighted by atomic mass is 32.1. The lowest BCUT2D eigenvalue weighted by molar-refractivity contribution is 0.603. The number of nitrogens with two attached hydrogens (primary N) is 1. The van der Waals surface area contributed by atoms with Gasteiger partial charge in [0.15, 0.2) is 0 Å². The van der Waals surface area contributed by atoms with Crippen LogP contribution in [0.3, 0.4) is 0 Å². The molecule has 1 saturated heterocycles. The van der Waals surface area contributed by atoms with Crippen LogP contribution in [0, 0.1) is 6.92 Å². The van der Waals surface area contributed by atoms with E-state index in [2.05, 4.69) is 60.4 Å². The monoisotopic (exact) mass is 347 g/mol. The zero-order valence-electron chi connectivity index (χ0n) is 15.6. The standard InChI is InChI=1S/C15H18N2S.C2H6.C2H4.CH5N/c1-11-15(18-10-17-11)13-6-4-12(5-7-13)9-14-3-2-8-16-14;3*1-2/h4-7,10,14,16H,2-3,8-9H2,1H3;1-2H3;1-2H2;2H2,1H3. The number of aromatic nitrogens is 1. The van der Waals surface area contributed by atoms with Gasteiger partial charge in [-0.2, -0.15) is 0 Å². The van der Waals surface area contributed by atoms with Gasteiger partial charge >= 0.3 is 0 Å². The molecule has 0 spiro atoms. The summed E-state index contributed by atoms with van der Waals surface area (Å²) in [5.74, 6) is 0. The summed E-state index contributed by atoms with van der Waals surface area (Å²) in [6, 6.07) is 9.65. The summed E-state index contributed by atoms with van der Waals surface area (Å²) >= 11 is 1.72. The molecular formula is C20H33N3S. The van der Waals surface area contributed by atoms with Crippen LogP contribution in [-0.2, 0) is 6.42 Å². The molecule has 134 valence electrons. The molecule has 1 aromatic heterocycles. The van der Waals surface area contributed by atoms with Crippen molar-refractivity contribution in [3.63, 3.8) is 0 Å². The second-order valence-corrected chi connectivity index (χ2v) is 5.82. The van der Waals surface area contributed by atoms with E-state index in [1.165, 1.54) is 42.4 Å². The van der Waals surface area contributed by atoms with Gasteiger partial charge in [-0.25, -0.2) is 4.98 Å². The van der Waals surface area contributed by atoms with Crippen molar-refractivity contribution in [1.82, 2.24) is 10.3 Å². The Morgan fingerprint density at radius 2 is 1.83 bits per heavy atom. The molecule has 4 heteroatoms. The van der Waals surface area contributed by atoms with E-state index in [0.29, 0.717) is 6.04 Å². The first kappa shape index (κ1) is 22.5. The fourth-order valence-corrected chi connectivity index (χ4v) is 3.40. The molecule has 0 saturated carbocycles. The second-order valence-electron chi connectivity index (χ2n) is 4.96. The van der Waals surface area contributed by atoms with Crippen molar-refractivity contribution in [2.45, 2.75) is 46.1 Å². The fourth-order valence-electron chi connectivity index (χ4n) is 2.59. The summed E-state index contributed by atoms with van der Waals surface area (Å²) in [4.78, 5) is 5.60. The second kappa shape index (κ2) is 13.9. The number of hydrogen-bond acceptors (Lipinski definition) is 4. The number of nitrogens with zero attached hydrogens (tertiary/aromatic N) is 1. The van der Waals surface area contributed by atoms with E-state index in [4.69, 9.17) is 0 Å². The molecule has 2 aromatic rings. The fraction of sp³-hybridized carbons (Fsp3) is 0.450. The van der Waals surface area contributed by atoms with Crippen LogP contribution in [0.4, 0.5) is 0 Å². The van der Waals surface area contributed by atoms with Crippen molar-refractivity contribution in [3.05, 3.63) is 54.2 Å². The first-order valence-electron chi connectivity index (χ1n) is 8.63. The summed E-state index contributed by atoms with van der Waals surface area (Å²) < 4.78 is 0. The molecule has 3 nitrogen and oxygen atoms in total. The molecule has 0 bridgehead atoms. The summed E-state index contributed by atoms with van der Waals surface area (Å²) in [6.45, 7) is 13.3. The van der Waals surface area contributed by atoms with Crippen LogP contribution in [0.25, 0.3) is 10.4 Å². The number of thiazole rings is 1. The lowest BCUT2D eigenvalue weighted by Crippen LogP contribution is -2.23. The lowest BCUT2D eigenvalue weighted by atomic mass is 10.0. The van der Waals surface area contributed by atoms with Crippen molar-refractivity contribution in [2.75, 3.05) is 13.6 Å². The highest BCUT2D eigenvalue weighted by Gasteiger charge is 2.14. The van der Waals surface area contributed by atoms with Crippen LogP contribution in [-0.4, -0.2) is 24.6 Å². The Kier molecular flexibility index (Phi) is 13.0. The molecule has 0 aliphatic carbocycles. The Bertz CT molecular complexity index is 528. The van der Waals surface area contributed by atoms with Crippen LogP contribution >= 0.6 is 11.3 Å². The zero-order chi connectivity index (χ0) is 18.4. The number of benzene rings is 1. The lowest BCUT2D eigenvalue weighted by Gasteiger charge is -2.10. The van der Waals surface area contributed by atoms with Gasteiger partial charge in [-0.3, -0.25) is 0 Å². The normalized spacial score (nSPS) is 15.1. The van der Waals surface area contributed by atoms with Gasteiger partial charge in [0.2, 0.25) is 0 Å². The molecule has 2 heterocycles. The van der Waals surface area contributed by atoms with Crippen LogP contribution in [0.5, 0.6) is 0 Å². The predicted octanol–water partition coefficient (Wildman–Crippen LogP) is 4.82. The largest absolute Gasteiger partial charge is 0.333 e. The number of aryl methyl sites for hydroxylation is 1. The van der Waals surface area contributed by atoms with Gasteiger partial charge in [0.05, 0.1) is 16.1 Å². The van der Waals surface area contributed by atoms with Gasteiger partial charge in [0.1, 0.15) is 0 Å². The van der Waals surface area contributed by atoms with E-state index in [1.807, 2.05) is 19.4 Å². The molecular weight excluding hydrogens is 314 g/mol. The van der Waals surface area contributed by atoms with Crippen molar-refractivity contribution in [2.24, 2.45) is 5.73 Å². The van der Waals surface area contributed by atoms with Gasteiger partial charge in [0.25, 0.3) is 0 Å². The van der Waals surface area contributed by atoms with Gasteiger partial charge in [-0.1, -0.05) is 38.1 Å². The number of rotatable bonds is 3. The quantitative estimate of drug-likeness (QED) is 0.783. The van der Waals surface area contributed by atoms with Crippen molar-refractivity contribution in [1.29, 1.82) is 0 Å². The Labute approximate surface area is 152 Å². The summed E-state index contributed by atoms with van der Waals surface area (Å²) in [5.41, 5.74) is 10.3. The molecule has 1 fully saturated rings. The molecule has 0 amide bonds. The van der Waals surface area contributed by atoms with Crippen molar-refractivity contribution >= 4 is 11.3 Å². The molecule has 0 radical (unpaired) electrons. The molecule has 1 atom stereocenters. The molecule has 1 unspecified atom stereocenters. The van der Waals surface area contributed by atoms with Crippen LogP contribution in [0.2, 0.25) is 0 Å². The van der Waals surface area contributed by atoms with E-state index in [1.54, 1.807) is 11.3 Å². The van der Waals surface area contributed by atoms with Crippen LogP contribution in [0.1, 0.15) is 37.9 Å². The Hall–Kier alpha value is -1.49. The van der Waals surface area contributed by atoms with Gasteiger partial charge < -0.3 is 11.1 Å². The highest BCUT2D eigenvalue weighted by molar-refractivity contribution is 7.13. The third-order valence-electron chi connectivity index (χ3n) is 3.61. The van der Waals surface area contributed by atoms with Gasteiger partial charge in [-0.15, -0.1) is 24.5 Å². The third kappa shape index (κ3) is 6.95. The maximum absolute atomic E-state index is 4.50. The highest BCUT2D eigenvalue weighted by Crippen LogP contribution is 2.27. The minimum atomic E-state index is 0.681. The van der Waals surface area contributed by atoms with Gasteiger partial charge in [0, 0.05) is 6.04 Å². The van der Waals surface area contributed by atoms with Crippen molar-refractivity contribution < 1.29 is 0 Å². The minimum Gasteiger partial charge on any atom is -0.333 e. The summed E-state index contributed by atoms with van der Waals surface area (Å²) in [7, 11) is 1.50. The Morgan fingerprint density at radius 1 is 1.21 bits per heavy atom. The maximum atomic E-state index is 4.50. The third-order valence-corrected chi connectivity index (χ3v) is 4.58. The van der Waals surface area contributed by atoms with Gasteiger partial charge in [-0.05, 0) is 50.9 Å². The van der Waals surface area contributed by atoms with E-state index in [-0.39, 0.29) is 0 Å². The molecule has 24 heavy (non-hydrogen) atoms. The molecule has 1 aliphatic heterocycles. The Balaban J connectivity index is 0.000000798. The minimum absolute atomic E-state index is 0.681. The zero-order valence-corrected chi connectivity index (χ0v) is 16.5.